The summed E-state index contributed by atoms with van der Waals surface area (Å²) >= 11 is 0. The maximum absolute atomic E-state index is 6.03. The molecule has 1 aliphatic rings. The van der Waals surface area contributed by atoms with Gasteiger partial charge in [0.25, 0.3) is 0 Å². The number of fused-ring (bicyclic) bond motifs is 1. The SMILES string of the molecule is CCN1CCCC1CNC(N)=NCc1cccc2cccnc12.I. The summed E-state index contributed by atoms with van der Waals surface area (Å²) in [5.74, 6) is 0.515. The molecule has 6 heteroatoms. The van der Waals surface area contributed by atoms with E-state index in [0.717, 1.165) is 29.6 Å². The molecule has 0 aliphatic carbocycles. The Labute approximate surface area is 160 Å². The summed E-state index contributed by atoms with van der Waals surface area (Å²) in [6.45, 7) is 5.93. The normalized spacial score (nSPS) is 18.5. The minimum absolute atomic E-state index is 0. The zero-order valence-corrected chi connectivity index (χ0v) is 16.4. The molecule has 1 unspecified atom stereocenters. The molecule has 0 radical (unpaired) electrons. The first-order valence-corrected chi connectivity index (χ1v) is 8.38. The fraction of sp³-hybridized carbons (Fsp3) is 0.444. The van der Waals surface area contributed by atoms with Crippen molar-refractivity contribution in [3.8, 4) is 0 Å². The molecule has 1 atom stereocenters. The Morgan fingerprint density at radius 3 is 3.04 bits per heavy atom. The maximum Gasteiger partial charge on any atom is 0.188 e. The molecule has 130 valence electrons. The molecule has 1 aliphatic heterocycles. The third-order valence-corrected chi connectivity index (χ3v) is 4.56. The summed E-state index contributed by atoms with van der Waals surface area (Å²) in [6.07, 6.45) is 4.33. The molecule has 2 heterocycles. The minimum atomic E-state index is 0. The number of nitrogens with zero attached hydrogens (tertiary/aromatic N) is 3. The van der Waals surface area contributed by atoms with E-state index in [0.29, 0.717) is 18.5 Å². The first kappa shape index (κ1) is 18.9. The van der Waals surface area contributed by atoms with E-state index >= 15 is 0 Å². The van der Waals surface area contributed by atoms with Gasteiger partial charge in [0.05, 0.1) is 12.1 Å². The highest BCUT2D eigenvalue weighted by Gasteiger charge is 2.22. The summed E-state index contributed by atoms with van der Waals surface area (Å²) in [5.41, 5.74) is 8.13. The van der Waals surface area contributed by atoms with E-state index in [1.54, 1.807) is 0 Å². The fourth-order valence-corrected chi connectivity index (χ4v) is 3.29. The topological polar surface area (TPSA) is 66.5 Å². The molecule has 5 nitrogen and oxygen atoms in total. The van der Waals surface area contributed by atoms with Crippen LogP contribution in [0.2, 0.25) is 0 Å². The lowest BCUT2D eigenvalue weighted by atomic mass is 10.1. The van der Waals surface area contributed by atoms with Gasteiger partial charge in [0, 0.05) is 24.2 Å². The van der Waals surface area contributed by atoms with Crippen molar-refractivity contribution in [3.05, 3.63) is 42.1 Å². The number of nitrogens with one attached hydrogen (secondary N) is 1. The second-order valence-corrected chi connectivity index (χ2v) is 6.00. The summed E-state index contributed by atoms with van der Waals surface area (Å²) in [5, 5.41) is 4.41. The number of aliphatic imine (C=N–C) groups is 1. The highest BCUT2D eigenvalue weighted by molar-refractivity contribution is 14.0. The summed E-state index contributed by atoms with van der Waals surface area (Å²) < 4.78 is 0. The van der Waals surface area contributed by atoms with E-state index in [1.807, 2.05) is 18.3 Å². The molecule has 3 N–H and O–H groups in total. The zero-order chi connectivity index (χ0) is 16.1. The standard InChI is InChI=1S/C18H25N5.HI/c1-2-23-11-5-9-16(23)13-22-18(19)21-12-15-7-3-6-14-8-4-10-20-17(14)15;/h3-4,6-8,10,16H,2,5,9,11-13H2,1H3,(H3,19,21,22);1H. The molecule has 24 heavy (non-hydrogen) atoms. The van der Waals surface area contributed by atoms with Crippen LogP contribution in [-0.4, -0.2) is 41.5 Å². The average Bonchev–Trinajstić information content (AvgIpc) is 3.05. The van der Waals surface area contributed by atoms with Gasteiger partial charge in [0.2, 0.25) is 0 Å². The molecule has 0 bridgehead atoms. The van der Waals surface area contributed by atoms with Crippen LogP contribution >= 0.6 is 24.0 Å². The summed E-state index contributed by atoms with van der Waals surface area (Å²) in [6, 6.07) is 10.8. The molecular weight excluding hydrogens is 413 g/mol. The van der Waals surface area contributed by atoms with Crippen molar-refractivity contribution in [3.63, 3.8) is 0 Å². The minimum Gasteiger partial charge on any atom is -0.370 e. The number of guanidine groups is 1. The predicted octanol–water partition coefficient (Wildman–Crippen LogP) is 2.74. The van der Waals surface area contributed by atoms with Gasteiger partial charge in [-0.25, -0.2) is 4.99 Å². The molecule has 3 rings (SSSR count). The highest BCUT2D eigenvalue weighted by Crippen LogP contribution is 2.17. The molecule has 1 fully saturated rings. The van der Waals surface area contributed by atoms with Crippen LogP contribution in [0, 0.1) is 0 Å². The molecule has 0 amide bonds. The van der Waals surface area contributed by atoms with Crippen molar-refractivity contribution in [2.24, 2.45) is 10.7 Å². The van der Waals surface area contributed by atoms with Gasteiger partial charge in [-0.15, -0.1) is 24.0 Å². The Kier molecular flexibility index (Phi) is 7.23. The highest BCUT2D eigenvalue weighted by atomic mass is 127. The number of likely N-dealkylation sites (N-methyl/N-ethyl adjacent to an activating group) is 1. The van der Waals surface area contributed by atoms with E-state index in [1.165, 1.54) is 19.4 Å². The number of likely N-dealkylation sites (tertiary alicyclic amines) is 1. The van der Waals surface area contributed by atoms with E-state index in [4.69, 9.17) is 5.73 Å². The van der Waals surface area contributed by atoms with Crippen molar-refractivity contribution in [2.45, 2.75) is 32.4 Å². The Balaban J connectivity index is 0.00000208. The maximum atomic E-state index is 6.03. The van der Waals surface area contributed by atoms with Crippen LogP contribution in [0.4, 0.5) is 0 Å². The van der Waals surface area contributed by atoms with Gasteiger partial charge in [0.1, 0.15) is 0 Å². The van der Waals surface area contributed by atoms with Crippen molar-refractivity contribution < 1.29 is 0 Å². The quantitative estimate of drug-likeness (QED) is 0.427. The van der Waals surface area contributed by atoms with E-state index in [9.17, 15) is 0 Å². The lowest BCUT2D eigenvalue weighted by Gasteiger charge is -2.23. The van der Waals surface area contributed by atoms with Crippen molar-refractivity contribution in [2.75, 3.05) is 19.6 Å². The van der Waals surface area contributed by atoms with E-state index < -0.39 is 0 Å². The first-order chi connectivity index (χ1) is 11.3. The van der Waals surface area contributed by atoms with Crippen LogP contribution in [0.25, 0.3) is 10.9 Å². The number of benzene rings is 1. The Hall–Kier alpha value is -1.41. The van der Waals surface area contributed by atoms with E-state index in [-0.39, 0.29) is 24.0 Å². The summed E-state index contributed by atoms with van der Waals surface area (Å²) in [4.78, 5) is 11.4. The van der Waals surface area contributed by atoms with Crippen molar-refractivity contribution in [1.29, 1.82) is 0 Å². The van der Waals surface area contributed by atoms with E-state index in [2.05, 4.69) is 45.3 Å². The first-order valence-electron chi connectivity index (χ1n) is 8.38. The molecule has 0 saturated carbocycles. The molecule has 0 spiro atoms. The van der Waals surface area contributed by atoms with Gasteiger partial charge < -0.3 is 11.1 Å². The van der Waals surface area contributed by atoms with Gasteiger partial charge in [-0.1, -0.05) is 31.2 Å². The Morgan fingerprint density at radius 2 is 2.21 bits per heavy atom. The average molecular weight is 439 g/mol. The number of halogens is 1. The lowest BCUT2D eigenvalue weighted by Crippen LogP contribution is -2.42. The van der Waals surface area contributed by atoms with Gasteiger partial charge >= 0.3 is 0 Å². The molecule has 2 aromatic rings. The van der Waals surface area contributed by atoms with Gasteiger partial charge in [0.15, 0.2) is 5.96 Å². The second kappa shape index (κ2) is 9.17. The Bertz CT molecular complexity index is 683. The van der Waals surface area contributed by atoms with Crippen LogP contribution in [0.5, 0.6) is 0 Å². The van der Waals surface area contributed by atoms with Crippen LogP contribution in [0.15, 0.2) is 41.5 Å². The monoisotopic (exact) mass is 439 g/mol. The number of nitrogens with two attached hydrogens (primary N) is 1. The predicted molar refractivity (Wildman–Crippen MR) is 111 cm³/mol. The third-order valence-electron chi connectivity index (χ3n) is 4.56. The number of aromatic nitrogens is 1. The van der Waals surface area contributed by atoms with Crippen LogP contribution < -0.4 is 11.1 Å². The smallest absolute Gasteiger partial charge is 0.188 e. The molecule has 1 aromatic heterocycles. The molecule has 1 aromatic carbocycles. The number of hydrogen-bond acceptors (Lipinski definition) is 3. The molecular formula is C18H26IN5. The number of pyridine rings is 1. The largest absolute Gasteiger partial charge is 0.370 e. The number of para-hydroxylation sites is 1. The van der Waals surface area contributed by atoms with Crippen molar-refractivity contribution in [1.82, 2.24) is 15.2 Å². The van der Waals surface area contributed by atoms with Crippen LogP contribution in [0.3, 0.4) is 0 Å². The summed E-state index contributed by atoms with van der Waals surface area (Å²) in [7, 11) is 0. The van der Waals surface area contributed by atoms with Crippen molar-refractivity contribution >= 4 is 40.8 Å². The van der Waals surface area contributed by atoms with Gasteiger partial charge in [-0.2, -0.15) is 0 Å². The fourth-order valence-electron chi connectivity index (χ4n) is 3.29. The Morgan fingerprint density at radius 1 is 1.38 bits per heavy atom. The number of hydrogen-bond donors (Lipinski definition) is 2. The molecule has 1 saturated heterocycles. The zero-order valence-electron chi connectivity index (χ0n) is 14.1. The number of rotatable bonds is 5. The van der Waals surface area contributed by atoms with Crippen LogP contribution in [-0.2, 0) is 6.54 Å². The second-order valence-electron chi connectivity index (χ2n) is 6.00. The lowest BCUT2D eigenvalue weighted by molar-refractivity contribution is 0.267. The van der Waals surface area contributed by atoms with Gasteiger partial charge in [-0.05, 0) is 37.6 Å². The van der Waals surface area contributed by atoms with Gasteiger partial charge in [-0.3, -0.25) is 9.88 Å². The van der Waals surface area contributed by atoms with Crippen LogP contribution in [0.1, 0.15) is 25.3 Å². The third kappa shape index (κ3) is 4.57.